The SMILES string of the molecule is C[C@@H](SCC(=O)NCc1ccco1)c1nc(-c2ccccc2)no1. The number of benzene rings is 1. The molecule has 0 aliphatic rings. The molecule has 1 aromatic carbocycles. The fourth-order valence-electron chi connectivity index (χ4n) is 2.03. The molecule has 2 heterocycles. The summed E-state index contributed by atoms with van der Waals surface area (Å²) in [6.07, 6.45) is 1.58. The molecule has 0 unspecified atom stereocenters. The lowest BCUT2D eigenvalue weighted by atomic mass is 10.2. The minimum atomic E-state index is -0.0654. The number of furan rings is 1. The van der Waals surface area contributed by atoms with Gasteiger partial charge in [0.25, 0.3) is 0 Å². The Bertz CT molecular complexity index is 772. The van der Waals surface area contributed by atoms with E-state index in [9.17, 15) is 4.79 Å². The molecule has 1 N–H and O–H groups in total. The zero-order valence-corrected chi connectivity index (χ0v) is 14.0. The average Bonchev–Trinajstić information content (AvgIpc) is 3.30. The molecule has 0 fully saturated rings. The van der Waals surface area contributed by atoms with Crippen LogP contribution in [0.4, 0.5) is 0 Å². The lowest BCUT2D eigenvalue weighted by Crippen LogP contribution is -2.24. The molecule has 0 radical (unpaired) electrons. The molecule has 0 saturated carbocycles. The molecule has 0 saturated heterocycles. The maximum absolute atomic E-state index is 11.9. The summed E-state index contributed by atoms with van der Waals surface area (Å²) < 4.78 is 10.5. The van der Waals surface area contributed by atoms with Crippen molar-refractivity contribution in [1.82, 2.24) is 15.5 Å². The molecule has 1 amide bonds. The van der Waals surface area contributed by atoms with Crippen LogP contribution in [-0.2, 0) is 11.3 Å². The van der Waals surface area contributed by atoms with Crippen LogP contribution in [-0.4, -0.2) is 21.8 Å². The number of aromatic nitrogens is 2. The monoisotopic (exact) mass is 343 g/mol. The predicted molar refractivity (Wildman–Crippen MR) is 91.2 cm³/mol. The van der Waals surface area contributed by atoms with Crippen LogP contribution in [0, 0.1) is 0 Å². The molecule has 2 aromatic heterocycles. The molecule has 1 atom stereocenters. The number of hydrogen-bond donors (Lipinski definition) is 1. The average molecular weight is 343 g/mol. The van der Waals surface area contributed by atoms with Crippen molar-refractivity contribution in [2.24, 2.45) is 0 Å². The van der Waals surface area contributed by atoms with Gasteiger partial charge in [0, 0.05) is 5.56 Å². The van der Waals surface area contributed by atoms with Crippen LogP contribution >= 0.6 is 11.8 Å². The minimum absolute atomic E-state index is 0.0638. The first kappa shape index (κ1) is 16.3. The van der Waals surface area contributed by atoms with E-state index in [0.29, 0.717) is 24.0 Å². The maximum Gasteiger partial charge on any atom is 0.239 e. The Balaban J connectivity index is 1.49. The van der Waals surface area contributed by atoms with Gasteiger partial charge < -0.3 is 14.3 Å². The molecular weight excluding hydrogens is 326 g/mol. The van der Waals surface area contributed by atoms with Crippen LogP contribution in [0.15, 0.2) is 57.7 Å². The topological polar surface area (TPSA) is 81.2 Å². The summed E-state index contributed by atoms with van der Waals surface area (Å²) in [5, 5.41) is 6.73. The first-order valence-electron chi connectivity index (χ1n) is 7.52. The van der Waals surface area contributed by atoms with E-state index in [-0.39, 0.29) is 11.2 Å². The number of carbonyl (C=O) groups excluding carboxylic acids is 1. The summed E-state index contributed by atoms with van der Waals surface area (Å²) in [5.41, 5.74) is 0.904. The van der Waals surface area contributed by atoms with E-state index in [4.69, 9.17) is 8.94 Å². The zero-order chi connectivity index (χ0) is 16.8. The lowest BCUT2D eigenvalue weighted by molar-refractivity contribution is -0.118. The van der Waals surface area contributed by atoms with Gasteiger partial charge in [0.2, 0.25) is 17.6 Å². The molecule has 3 aromatic rings. The minimum Gasteiger partial charge on any atom is -0.467 e. The molecule has 0 aliphatic carbocycles. The van der Waals surface area contributed by atoms with E-state index < -0.39 is 0 Å². The quantitative estimate of drug-likeness (QED) is 0.708. The number of thioether (sulfide) groups is 1. The van der Waals surface area contributed by atoms with Gasteiger partial charge in [-0.2, -0.15) is 4.98 Å². The number of amides is 1. The van der Waals surface area contributed by atoms with Crippen molar-refractivity contribution in [1.29, 1.82) is 0 Å². The van der Waals surface area contributed by atoms with Crippen LogP contribution in [0.25, 0.3) is 11.4 Å². The second-order valence-electron chi connectivity index (χ2n) is 5.13. The fraction of sp³-hybridized carbons (Fsp3) is 0.235. The summed E-state index contributed by atoms with van der Waals surface area (Å²) in [7, 11) is 0. The first-order valence-corrected chi connectivity index (χ1v) is 8.57. The van der Waals surface area contributed by atoms with E-state index in [2.05, 4.69) is 15.5 Å². The Kier molecular flexibility index (Phi) is 5.32. The molecule has 7 heteroatoms. The molecule has 24 heavy (non-hydrogen) atoms. The van der Waals surface area contributed by atoms with E-state index in [0.717, 1.165) is 11.3 Å². The zero-order valence-electron chi connectivity index (χ0n) is 13.1. The van der Waals surface area contributed by atoms with Gasteiger partial charge in [-0.25, -0.2) is 0 Å². The summed E-state index contributed by atoms with van der Waals surface area (Å²) in [6.45, 7) is 2.33. The number of carbonyl (C=O) groups is 1. The smallest absolute Gasteiger partial charge is 0.239 e. The third-order valence-corrected chi connectivity index (χ3v) is 4.46. The summed E-state index contributed by atoms with van der Waals surface area (Å²) in [6, 6.07) is 13.2. The van der Waals surface area contributed by atoms with Crippen molar-refractivity contribution in [3.05, 3.63) is 60.4 Å². The normalized spacial score (nSPS) is 12.0. The van der Waals surface area contributed by atoms with Crippen LogP contribution in [0.2, 0.25) is 0 Å². The summed E-state index contributed by atoms with van der Waals surface area (Å²) in [5.74, 6) is 2.04. The molecule has 0 aliphatic heterocycles. The van der Waals surface area contributed by atoms with E-state index in [1.807, 2.05) is 43.3 Å². The van der Waals surface area contributed by atoms with Crippen molar-refractivity contribution in [3.8, 4) is 11.4 Å². The maximum atomic E-state index is 11.9. The van der Waals surface area contributed by atoms with Crippen LogP contribution in [0.3, 0.4) is 0 Å². The molecule has 3 rings (SSSR count). The fourth-order valence-corrected chi connectivity index (χ4v) is 2.77. The van der Waals surface area contributed by atoms with Gasteiger partial charge in [-0.1, -0.05) is 35.5 Å². The molecular formula is C17H17N3O3S. The second-order valence-corrected chi connectivity index (χ2v) is 6.46. The number of rotatable bonds is 7. The van der Waals surface area contributed by atoms with E-state index >= 15 is 0 Å². The first-order chi connectivity index (χ1) is 11.7. The van der Waals surface area contributed by atoms with Crippen LogP contribution in [0.5, 0.6) is 0 Å². The third kappa shape index (κ3) is 4.26. The van der Waals surface area contributed by atoms with Gasteiger partial charge in [-0.05, 0) is 19.1 Å². The van der Waals surface area contributed by atoms with Crippen molar-refractivity contribution in [2.75, 3.05) is 5.75 Å². The Labute approximate surface area is 143 Å². The standard InChI is InChI=1S/C17H17N3O3S/c1-12(24-11-15(21)18-10-14-8-5-9-22-14)17-19-16(20-23-17)13-6-3-2-4-7-13/h2-9,12H,10-11H2,1H3,(H,18,21)/t12-/m1/s1. The largest absolute Gasteiger partial charge is 0.467 e. The highest BCUT2D eigenvalue weighted by Gasteiger charge is 2.17. The van der Waals surface area contributed by atoms with Gasteiger partial charge in [-0.3, -0.25) is 4.79 Å². The Hall–Kier alpha value is -2.54. The lowest BCUT2D eigenvalue weighted by Gasteiger charge is -2.06. The second kappa shape index (κ2) is 7.83. The van der Waals surface area contributed by atoms with Crippen molar-refractivity contribution in [3.63, 3.8) is 0 Å². The van der Waals surface area contributed by atoms with Crippen molar-refractivity contribution < 1.29 is 13.7 Å². The Morgan fingerprint density at radius 1 is 1.25 bits per heavy atom. The number of nitrogens with zero attached hydrogens (tertiary/aromatic N) is 2. The van der Waals surface area contributed by atoms with Crippen LogP contribution in [0.1, 0.15) is 23.8 Å². The van der Waals surface area contributed by atoms with Crippen molar-refractivity contribution in [2.45, 2.75) is 18.7 Å². The van der Waals surface area contributed by atoms with Gasteiger partial charge in [0.05, 0.1) is 23.8 Å². The Morgan fingerprint density at radius 2 is 2.08 bits per heavy atom. The van der Waals surface area contributed by atoms with E-state index in [1.165, 1.54) is 11.8 Å². The Morgan fingerprint density at radius 3 is 2.83 bits per heavy atom. The molecule has 0 bridgehead atoms. The van der Waals surface area contributed by atoms with Gasteiger partial charge >= 0.3 is 0 Å². The summed E-state index contributed by atoms with van der Waals surface area (Å²) in [4.78, 5) is 16.3. The van der Waals surface area contributed by atoms with Gasteiger partial charge in [-0.15, -0.1) is 11.8 Å². The number of hydrogen-bond acceptors (Lipinski definition) is 6. The number of nitrogens with one attached hydrogen (secondary N) is 1. The predicted octanol–water partition coefficient (Wildman–Crippen LogP) is 3.44. The van der Waals surface area contributed by atoms with Gasteiger partial charge in [0.15, 0.2) is 0 Å². The van der Waals surface area contributed by atoms with Crippen molar-refractivity contribution >= 4 is 17.7 Å². The van der Waals surface area contributed by atoms with Gasteiger partial charge in [0.1, 0.15) is 5.76 Å². The molecule has 124 valence electrons. The summed E-state index contributed by atoms with van der Waals surface area (Å²) >= 11 is 1.44. The highest BCUT2D eigenvalue weighted by atomic mass is 32.2. The highest BCUT2D eigenvalue weighted by molar-refractivity contribution is 8.00. The third-order valence-electron chi connectivity index (χ3n) is 3.33. The van der Waals surface area contributed by atoms with E-state index in [1.54, 1.807) is 12.3 Å². The van der Waals surface area contributed by atoms with Crippen LogP contribution < -0.4 is 5.32 Å². The molecule has 6 nitrogen and oxygen atoms in total. The molecule has 0 spiro atoms. The highest BCUT2D eigenvalue weighted by Crippen LogP contribution is 2.28.